The molecule has 24 heavy (non-hydrogen) atoms. The number of hydrogen-bond donors (Lipinski definition) is 2. The molecule has 2 rings (SSSR count). The Morgan fingerprint density at radius 1 is 1.29 bits per heavy atom. The van der Waals surface area contributed by atoms with Gasteiger partial charge in [0.25, 0.3) is 5.91 Å². The highest BCUT2D eigenvalue weighted by molar-refractivity contribution is 5.98. The van der Waals surface area contributed by atoms with Crippen LogP contribution in [0, 0.1) is 6.92 Å². The molecule has 0 aliphatic carbocycles. The summed E-state index contributed by atoms with van der Waals surface area (Å²) in [7, 11) is 2.97. The molecule has 0 saturated carbocycles. The zero-order chi connectivity index (χ0) is 17.7. The molecule has 2 aromatic rings. The molecule has 0 aliphatic rings. The molecule has 0 fully saturated rings. The number of carbonyl (C=O) groups is 2. The molecular weight excluding hydrogens is 318 g/mol. The highest BCUT2D eigenvalue weighted by Crippen LogP contribution is 2.28. The summed E-state index contributed by atoms with van der Waals surface area (Å²) in [5.41, 5.74) is 6.15. The summed E-state index contributed by atoms with van der Waals surface area (Å²) in [5.74, 6) is -0.528. The maximum absolute atomic E-state index is 12.0. The first-order valence-corrected chi connectivity index (χ1v) is 6.87. The summed E-state index contributed by atoms with van der Waals surface area (Å²) in [4.78, 5) is 23.9. The van der Waals surface area contributed by atoms with Gasteiger partial charge in [0.1, 0.15) is 17.1 Å². The summed E-state index contributed by atoms with van der Waals surface area (Å²) in [6.07, 6.45) is 0. The molecule has 0 unspecified atom stereocenters. The second-order valence-electron chi connectivity index (χ2n) is 4.70. The molecule has 0 saturated heterocycles. The van der Waals surface area contributed by atoms with Crippen LogP contribution < -0.4 is 20.5 Å². The first-order valence-electron chi connectivity index (χ1n) is 6.87. The predicted octanol–water partition coefficient (Wildman–Crippen LogP) is 1.38. The van der Waals surface area contributed by atoms with Crippen molar-refractivity contribution in [2.24, 2.45) is 0 Å². The van der Waals surface area contributed by atoms with Crippen LogP contribution in [0.25, 0.3) is 0 Å². The van der Waals surface area contributed by atoms with E-state index in [0.29, 0.717) is 17.2 Å². The van der Waals surface area contributed by atoms with E-state index in [1.807, 2.05) is 0 Å². The van der Waals surface area contributed by atoms with Crippen molar-refractivity contribution in [3.8, 4) is 11.5 Å². The minimum atomic E-state index is -0.793. The highest BCUT2D eigenvalue weighted by atomic mass is 16.5. The third kappa shape index (κ3) is 3.75. The molecular formula is C15H17N3O6. The number of hydrogen-bond acceptors (Lipinski definition) is 8. The van der Waals surface area contributed by atoms with Crippen LogP contribution >= 0.6 is 0 Å². The first-order chi connectivity index (χ1) is 11.5. The molecule has 9 heteroatoms. The van der Waals surface area contributed by atoms with Gasteiger partial charge in [-0.05, 0) is 19.1 Å². The van der Waals surface area contributed by atoms with E-state index in [4.69, 9.17) is 19.9 Å². The zero-order valence-corrected chi connectivity index (χ0v) is 13.4. The van der Waals surface area contributed by atoms with Crippen LogP contribution in [0.3, 0.4) is 0 Å². The van der Waals surface area contributed by atoms with E-state index in [2.05, 4.69) is 15.0 Å². The smallest absolute Gasteiger partial charge is 0.346 e. The topological polar surface area (TPSA) is 126 Å². The van der Waals surface area contributed by atoms with Gasteiger partial charge >= 0.3 is 5.97 Å². The molecule has 1 aromatic heterocycles. The SMILES string of the molecule is COc1ccc(OC)c(NC(=O)COC(=O)c2c(C)noc2N)c1. The van der Waals surface area contributed by atoms with Crippen molar-refractivity contribution in [1.29, 1.82) is 0 Å². The van der Waals surface area contributed by atoms with Gasteiger partial charge in [-0.1, -0.05) is 5.16 Å². The van der Waals surface area contributed by atoms with Gasteiger partial charge in [0.15, 0.2) is 6.61 Å². The number of rotatable bonds is 6. The van der Waals surface area contributed by atoms with E-state index in [-0.39, 0.29) is 17.1 Å². The van der Waals surface area contributed by atoms with Crippen molar-refractivity contribution >= 4 is 23.4 Å². The highest BCUT2D eigenvalue weighted by Gasteiger charge is 2.21. The fourth-order valence-electron chi connectivity index (χ4n) is 1.94. The largest absolute Gasteiger partial charge is 0.497 e. The number of nitrogens with two attached hydrogens (primary N) is 1. The maximum atomic E-state index is 12.0. The number of amides is 1. The Hall–Kier alpha value is -3.23. The van der Waals surface area contributed by atoms with Crippen LogP contribution in [0.1, 0.15) is 16.1 Å². The van der Waals surface area contributed by atoms with Gasteiger partial charge in [-0.15, -0.1) is 0 Å². The quantitative estimate of drug-likeness (QED) is 0.758. The number of benzene rings is 1. The molecule has 0 radical (unpaired) electrons. The van der Waals surface area contributed by atoms with E-state index in [1.165, 1.54) is 21.1 Å². The van der Waals surface area contributed by atoms with Crippen LogP contribution in [-0.2, 0) is 9.53 Å². The second-order valence-corrected chi connectivity index (χ2v) is 4.70. The molecule has 3 N–H and O–H groups in total. The van der Waals surface area contributed by atoms with Gasteiger partial charge in [-0.2, -0.15) is 0 Å². The van der Waals surface area contributed by atoms with Crippen molar-refractivity contribution in [3.63, 3.8) is 0 Å². The van der Waals surface area contributed by atoms with Gasteiger partial charge in [0.05, 0.1) is 25.6 Å². The van der Waals surface area contributed by atoms with E-state index in [1.54, 1.807) is 18.2 Å². The van der Waals surface area contributed by atoms with Crippen molar-refractivity contribution < 1.29 is 28.3 Å². The normalized spacial score (nSPS) is 10.1. The Morgan fingerprint density at radius 2 is 2.04 bits per heavy atom. The van der Waals surface area contributed by atoms with Gasteiger partial charge in [-0.25, -0.2) is 4.79 Å². The van der Waals surface area contributed by atoms with Crippen molar-refractivity contribution in [1.82, 2.24) is 5.16 Å². The molecule has 0 bridgehead atoms. The van der Waals surface area contributed by atoms with E-state index in [0.717, 1.165) is 0 Å². The standard InChI is InChI=1S/C15H17N3O6/c1-8-13(14(16)24-18-8)15(20)23-7-12(19)17-10-6-9(21-2)4-5-11(10)22-3/h4-6H,7,16H2,1-3H3,(H,17,19). The lowest BCUT2D eigenvalue weighted by atomic mass is 10.2. The average molecular weight is 335 g/mol. The number of esters is 1. The number of nitrogens with zero attached hydrogens (tertiary/aromatic N) is 1. The molecule has 9 nitrogen and oxygen atoms in total. The Bertz CT molecular complexity index is 736. The Labute approximate surface area is 137 Å². The first kappa shape index (κ1) is 17.1. The summed E-state index contributed by atoms with van der Waals surface area (Å²) in [5, 5.41) is 6.12. The molecule has 1 heterocycles. The minimum absolute atomic E-state index is 0.00163. The summed E-state index contributed by atoms with van der Waals surface area (Å²) in [6, 6.07) is 4.91. The summed E-state index contributed by atoms with van der Waals surface area (Å²) < 4.78 is 19.8. The average Bonchev–Trinajstić information content (AvgIpc) is 2.91. The summed E-state index contributed by atoms with van der Waals surface area (Å²) in [6.45, 7) is 1.03. The predicted molar refractivity (Wildman–Crippen MR) is 84.1 cm³/mol. The lowest BCUT2D eigenvalue weighted by molar-refractivity contribution is -0.119. The number of methoxy groups -OCH3 is 2. The monoisotopic (exact) mass is 335 g/mol. The van der Waals surface area contributed by atoms with Gasteiger partial charge in [-0.3, -0.25) is 4.79 Å². The Morgan fingerprint density at radius 3 is 2.62 bits per heavy atom. The number of nitrogen functional groups attached to an aromatic ring is 1. The fourth-order valence-corrected chi connectivity index (χ4v) is 1.94. The minimum Gasteiger partial charge on any atom is -0.497 e. The number of aryl methyl sites for hydroxylation is 1. The Kier molecular flexibility index (Phi) is 5.25. The second kappa shape index (κ2) is 7.36. The molecule has 1 amide bonds. The van der Waals surface area contributed by atoms with Crippen LogP contribution in [0.2, 0.25) is 0 Å². The molecule has 1 aromatic carbocycles. The van der Waals surface area contributed by atoms with E-state index < -0.39 is 18.5 Å². The number of ether oxygens (including phenoxy) is 3. The van der Waals surface area contributed by atoms with Gasteiger partial charge in [0.2, 0.25) is 5.88 Å². The number of anilines is 2. The number of carbonyl (C=O) groups excluding carboxylic acids is 2. The third-order valence-electron chi connectivity index (χ3n) is 3.11. The molecule has 0 aliphatic heterocycles. The van der Waals surface area contributed by atoms with Gasteiger partial charge < -0.3 is 29.8 Å². The number of aromatic nitrogens is 1. The fraction of sp³-hybridized carbons (Fsp3) is 0.267. The van der Waals surface area contributed by atoms with Crippen molar-refractivity contribution in [3.05, 3.63) is 29.5 Å². The van der Waals surface area contributed by atoms with Crippen molar-refractivity contribution in [2.75, 3.05) is 31.9 Å². The third-order valence-corrected chi connectivity index (χ3v) is 3.11. The summed E-state index contributed by atoms with van der Waals surface area (Å²) >= 11 is 0. The van der Waals surface area contributed by atoms with Crippen molar-refractivity contribution in [2.45, 2.75) is 6.92 Å². The molecule has 0 spiro atoms. The lowest BCUT2D eigenvalue weighted by Crippen LogP contribution is -2.21. The van der Waals surface area contributed by atoms with E-state index >= 15 is 0 Å². The number of nitrogens with one attached hydrogen (secondary N) is 1. The van der Waals surface area contributed by atoms with Gasteiger partial charge in [0, 0.05) is 6.07 Å². The van der Waals surface area contributed by atoms with Crippen LogP contribution in [0.5, 0.6) is 11.5 Å². The van der Waals surface area contributed by atoms with Crippen LogP contribution in [0.15, 0.2) is 22.7 Å². The van der Waals surface area contributed by atoms with E-state index in [9.17, 15) is 9.59 Å². The zero-order valence-electron chi connectivity index (χ0n) is 13.4. The lowest BCUT2D eigenvalue weighted by Gasteiger charge is -2.11. The molecule has 0 atom stereocenters. The van der Waals surface area contributed by atoms with Crippen LogP contribution in [0.4, 0.5) is 11.6 Å². The van der Waals surface area contributed by atoms with Crippen LogP contribution in [-0.4, -0.2) is 37.9 Å². The Balaban J connectivity index is 2.00. The molecule has 128 valence electrons. The maximum Gasteiger partial charge on any atom is 0.346 e.